The van der Waals surface area contributed by atoms with Gasteiger partial charge in [0.2, 0.25) is 5.91 Å². The van der Waals surface area contributed by atoms with Crippen LogP contribution in [0, 0.1) is 34.5 Å². The molecule has 3 fully saturated rings. The van der Waals surface area contributed by atoms with Crippen molar-refractivity contribution in [3.05, 3.63) is 53.7 Å². The molecule has 0 bridgehead atoms. The minimum absolute atomic E-state index is 0.00517. The predicted octanol–water partition coefficient (Wildman–Crippen LogP) is 1.69. The summed E-state index contributed by atoms with van der Waals surface area (Å²) in [7, 11) is 0. The number of pyridine rings is 1. The average molecular weight is 583 g/mol. The Kier molecular flexibility index (Phi) is 8.47. The largest absolute Gasteiger partial charge is 0.492 e. The minimum Gasteiger partial charge on any atom is -0.492 e. The van der Waals surface area contributed by atoms with Crippen molar-refractivity contribution >= 4 is 17.6 Å². The molecule has 3 aliphatic heterocycles. The normalized spacial score (nSPS) is 24.9. The van der Waals surface area contributed by atoms with Crippen LogP contribution in [0.5, 0.6) is 5.75 Å². The van der Waals surface area contributed by atoms with Crippen molar-refractivity contribution in [3.63, 3.8) is 0 Å². The van der Waals surface area contributed by atoms with Gasteiger partial charge in [0.1, 0.15) is 24.2 Å². The minimum atomic E-state index is -4.74. The number of amides is 2. The molecule has 14 heteroatoms. The van der Waals surface area contributed by atoms with Crippen molar-refractivity contribution in [1.82, 2.24) is 25.6 Å². The van der Waals surface area contributed by atoms with Crippen LogP contribution in [0.15, 0.2) is 42.6 Å². The van der Waals surface area contributed by atoms with Crippen molar-refractivity contribution in [1.29, 1.82) is 10.5 Å². The SMILES string of the molecule is N#Cc1ccc(N2CCN(C(=O)c3cccc(OC[C@@H]4C[C@@H](C#N)CN4C4CNNC(=O)C4C(F)(F)F)c3)CC2)nc1. The number of ether oxygens (including phenoxy) is 1. The Morgan fingerprint density at radius 1 is 1.14 bits per heavy atom. The van der Waals surface area contributed by atoms with Gasteiger partial charge in [0, 0.05) is 63.1 Å². The van der Waals surface area contributed by atoms with E-state index >= 15 is 0 Å². The quantitative estimate of drug-likeness (QED) is 0.521. The first-order chi connectivity index (χ1) is 20.2. The highest BCUT2D eigenvalue weighted by molar-refractivity contribution is 5.94. The molecule has 1 aromatic heterocycles. The number of nitriles is 2. The van der Waals surface area contributed by atoms with Gasteiger partial charge in [-0.25, -0.2) is 10.4 Å². The maximum atomic E-state index is 13.8. The number of halogens is 3. The van der Waals surface area contributed by atoms with Gasteiger partial charge in [-0.3, -0.25) is 19.9 Å². The number of hydrazine groups is 1. The number of aromatic nitrogens is 1. The third-order valence-corrected chi connectivity index (χ3v) is 7.90. The molecular formula is C28H29F3N8O3. The molecule has 42 heavy (non-hydrogen) atoms. The molecule has 3 aliphatic rings. The lowest BCUT2D eigenvalue weighted by Crippen LogP contribution is -2.65. The van der Waals surface area contributed by atoms with E-state index < -0.39 is 36.0 Å². The summed E-state index contributed by atoms with van der Waals surface area (Å²) in [6.07, 6.45) is -2.93. The van der Waals surface area contributed by atoms with Crippen molar-refractivity contribution in [2.75, 3.05) is 50.8 Å². The smallest absolute Gasteiger partial charge is 0.402 e. The van der Waals surface area contributed by atoms with Crippen LogP contribution in [0.1, 0.15) is 22.3 Å². The van der Waals surface area contributed by atoms with Gasteiger partial charge >= 0.3 is 6.18 Å². The number of hydrogen-bond donors (Lipinski definition) is 2. The zero-order chi connectivity index (χ0) is 29.9. The molecule has 5 rings (SSSR count). The fraction of sp³-hybridized carbons (Fsp3) is 0.464. The second-order valence-electron chi connectivity index (χ2n) is 10.5. The summed E-state index contributed by atoms with van der Waals surface area (Å²) in [5.74, 6) is -2.93. The maximum Gasteiger partial charge on any atom is 0.402 e. The van der Waals surface area contributed by atoms with Crippen molar-refractivity contribution in [2.45, 2.75) is 24.7 Å². The third kappa shape index (κ3) is 6.25. The van der Waals surface area contributed by atoms with Crippen LogP contribution in [0.4, 0.5) is 19.0 Å². The number of nitrogens with zero attached hydrogens (tertiary/aromatic N) is 6. The molecule has 0 aliphatic carbocycles. The molecule has 0 spiro atoms. The number of piperazine rings is 1. The van der Waals surface area contributed by atoms with Gasteiger partial charge in [-0.05, 0) is 36.8 Å². The van der Waals surface area contributed by atoms with Crippen molar-refractivity contribution in [2.24, 2.45) is 11.8 Å². The fourth-order valence-electron chi connectivity index (χ4n) is 5.77. The van der Waals surface area contributed by atoms with Gasteiger partial charge in [-0.1, -0.05) is 6.07 Å². The predicted molar refractivity (Wildman–Crippen MR) is 143 cm³/mol. The van der Waals surface area contributed by atoms with Crippen LogP contribution >= 0.6 is 0 Å². The molecule has 3 saturated heterocycles. The highest BCUT2D eigenvalue weighted by atomic mass is 19.4. The zero-order valence-electron chi connectivity index (χ0n) is 22.5. The van der Waals surface area contributed by atoms with Crippen LogP contribution < -0.4 is 20.5 Å². The maximum absolute atomic E-state index is 13.8. The summed E-state index contributed by atoms with van der Waals surface area (Å²) in [4.78, 5) is 35.0. The second-order valence-corrected chi connectivity index (χ2v) is 10.5. The Morgan fingerprint density at radius 3 is 2.60 bits per heavy atom. The first kappa shape index (κ1) is 29.1. The standard InChI is InChI=1S/C28H29F3N8O3/c29-28(30,31)25-23(15-35-36-26(25)40)39-16-19(13-33)10-21(39)17-42-22-3-1-2-20(11-22)27(41)38-8-6-37(7-9-38)24-5-4-18(12-32)14-34-24/h1-5,11,14,19,21,23,25,35H,6-10,15-17H2,(H,36,40)/t19-,21-,23?,25?/m0/s1. The van der Waals surface area contributed by atoms with E-state index in [0.29, 0.717) is 49.5 Å². The number of carbonyl (C=O) groups is 2. The number of benzene rings is 1. The lowest BCUT2D eigenvalue weighted by atomic mass is 9.94. The van der Waals surface area contributed by atoms with Gasteiger partial charge in [-0.15, -0.1) is 0 Å². The van der Waals surface area contributed by atoms with Gasteiger partial charge in [0.25, 0.3) is 5.91 Å². The van der Waals surface area contributed by atoms with E-state index in [1.165, 1.54) is 6.20 Å². The van der Waals surface area contributed by atoms with Gasteiger partial charge in [-0.2, -0.15) is 23.7 Å². The highest BCUT2D eigenvalue weighted by Gasteiger charge is 2.55. The number of alkyl halides is 3. The molecule has 4 atom stereocenters. The second kappa shape index (κ2) is 12.2. The van der Waals surface area contributed by atoms with Crippen LogP contribution in [-0.4, -0.2) is 90.7 Å². The van der Waals surface area contributed by atoms with Crippen LogP contribution in [0.2, 0.25) is 0 Å². The van der Waals surface area contributed by atoms with Gasteiger partial charge in [0.05, 0.1) is 17.6 Å². The summed E-state index contributed by atoms with van der Waals surface area (Å²) < 4.78 is 47.4. The molecule has 2 N–H and O–H groups in total. The first-order valence-electron chi connectivity index (χ1n) is 13.6. The summed E-state index contributed by atoms with van der Waals surface area (Å²) in [5, 5.41) is 18.5. The Labute approximate surface area is 240 Å². The van der Waals surface area contributed by atoms with Crippen LogP contribution in [0.25, 0.3) is 0 Å². The summed E-state index contributed by atoms with van der Waals surface area (Å²) in [5.41, 5.74) is 5.49. The van der Waals surface area contributed by atoms with Gasteiger partial charge in [0.15, 0.2) is 5.92 Å². The molecule has 2 unspecified atom stereocenters. The van der Waals surface area contributed by atoms with E-state index in [0.717, 1.165) is 5.82 Å². The summed E-state index contributed by atoms with van der Waals surface area (Å²) in [6.45, 7) is 2.07. The molecule has 4 heterocycles. The number of anilines is 1. The molecular weight excluding hydrogens is 553 g/mol. The van der Waals surface area contributed by atoms with E-state index in [9.17, 15) is 28.0 Å². The lowest BCUT2D eigenvalue weighted by molar-refractivity contribution is -0.201. The third-order valence-electron chi connectivity index (χ3n) is 7.90. The molecule has 220 valence electrons. The molecule has 0 radical (unpaired) electrons. The van der Waals surface area contributed by atoms with Crippen LogP contribution in [-0.2, 0) is 4.79 Å². The lowest BCUT2D eigenvalue weighted by Gasteiger charge is -2.40. The number of nitrogens with one attached hydrogen (secondary N) is 2. The number of likely N-dealkylation sites (tertiary alicyclic amines) is 1. The van der Waals surface area contributed by atoms with Crippen molar-refractivity contribution < 1.29 is 27.5 Å². The Balaban J connectivity index is 1.21. The molecule has 2 aromatic rings. The summed E-state index contributed by atoms with van der Waals surface area (Å²) in [6, 6.07) is 12.6. The number of carbonyl (C=O) groups excluding carboxylic acids is 2. The van der Waals surface area contributed by atoms with Crippen LogP contribution in [0.3, 0.4) is 0 Å². The van der Waals surface area contributed by atoms with E-state index in [1.807, 2.05) is 11.0 Å². The Hall–Kier alpha value is -4.40. The first-order valence-corrected chi connectivity index (χ1v) is 13.6. The van der Waals surface area contributed by atoms with E-state index in [4.69, 9.17) is 10.00 Å². The van der Waals surface area contributed by atoms with E-state index in [-0.39, 0.29) is 25.6 Å². The zero-order valence-corrected chi connectivity index (χ0v) is 22.5. The Bertz CT molecular complexity index is 1380. The molecule has 2 amide bonds. The topological polar surface area (TPSA) is 138 Å². The van der Waals surface area contributed by atoms with E-state index in [1.54, 1.807) is 46.2 Å². The summed E-state index contributed by atoms with van der Waals surface area (Å²) >= 11 is 0. The van der Waals surface area contributed by atoms with Gasteiger partial charge < -0.3 is 14.5 Å². The highest BCUT2D eigenvalue weighted by Crippen LogP contribution is 2.36. The number of rotatable bonds is 6. The van der Waals surface area contributed by atoms with Crippen molar-refractivity contribution in [3.8, 4) is 17.9 Å². The Morgan fingerprint density at radius 2 is 1.93 bits per heavy atom. The monoisotopic (exact) mass is 582 g/mol. The molecule has 11 nitrogen and oxygen atoms in total. The number of hydrogen-bond acceptors (Lipinski definition) is 9. The fourth-order valence-corrected chi connectivity index (χ4v) is 5.77. The average Bonchev–Trinajstić information content (AvgIpc) is 3.42. The molecule has 1 aromatic carbocycles. The molecule has 0 saturated carbocycles. The van der Waals surface area contributed by atoms with E-state index in [2.05, 4.69) is 21.9 Å².